The molecule has 0 atom stereocenters. The summed E-state index contributed by atoms with van der Waals surface area (Å²) < 4.78 is 0. The number of carbonyl (C=O) groups excluding carboxylic acids is 2. The summed E-state index contributed by atoms with van der Waals surface area (Å²) in [4.78, 5) is 43.6. The molecule has 1 N–H and O–H groups in total. The van der Waals surface area contributed by atoms with Crippen molar-refractivity contribution in [2.75, 3.05) is 26.2 Å². The van der Waals surface area contributed by atoms with Gasteiger partial charge in [0.05, 0.1) is 5.56 Å². The number of H-pyrrole nitrogens is 1. The molecule has 0 bridgehead atoms. The molecule has 0 saturated carbocycles. The monoisotopic (exact) mass is 422 g/mol. The minimum absolute atomic E-state index is 0.102. The van der Waals surface area contributed by atoms with Crippen LogP contribution in [0, 0.1) is 10.1 Å². The summed E-state index contributed by atoms with van der Waals surface area (Å²) in [6.45, 7) is 10.4. The Hall–Kier alpha value is -2.38. The Labute approximate surface area is 180 Å². The average molecular weight is 423 g/mol. The second-order valence-electron chi connectivity index (χ2n) is 7.68. The Morgan fingerprint density at radius 1 is 0.833 bits per heavy atom. The van der Waals surface area contributed by atoms with Crippen LogP contribution in [0.2, 0.25) is 0 Å². The lowest BCUT2D eigenvalue weighted by Crippen LogP contribution is -2.37. The summed E-state index contributed by atoms with van der Waals surface area (Å²) in [5, 5.41) is 11.6. The maximum atomic E-state index is 13.3. The quantitative estimate of drug-likeness (QED) is 0.317. The van der Waals surface area contributed by atoms with Crippen molar-refractivity contribution in [2.24, 2.45) is 0 Å². The third-order valence-corrected chi connectivity index (χ3v) is 5.19. The van der Waals surface area contributed by atoms with E-state index in [-0.39, 0.29) is 17.0 Å². The number of aromatic nitrogens is 1. The van der Waals surface area contributed by atoms with Crippen LogP contribution >= 0.6 is 0 Å². The second kappa shape index (κ2) is 13.8. The maximum absolute atomic E-state index is 13.3. The fraction of sp³-hybridized carbons (Fsp3) is 0.727. The molecule has 0 radical (unpaired) electrons. The van der Waals surface area contributed by atoms with Crippen LogP contribution < -0.4 is 0 Å². The minimum atomic E-state index is -0.607. The first-order valence-electron chi connectivity index (χ1n) is 11.4. The summed E-state index contributed by atoms with van der Waals surface area (Å²) >= 11 is 0. The summed E-state index contributed by atoms with van der Waals surface area (Å²) in [7, 11) is 0. The first-order valence-corrected chi connectivity index (χ1v) is 11.4. The van der Waals surface area contributed by atoms with Crippen LogP contribution in [0.5, 0.6) is 0 Å². The fourth-order valence-electron chi connectivity index (χ4n) is 3.30. The van der Waals surface area contributed by atoms with Gasteiger partial charge in [-0.1, -0.05) is 53.4 Å². The van der Waals surface area contributed by atoms with Crippen molar-refractivity contribution in [3.63, 3.8) is 0 Å². The number of nitro groups is 1. The summed E-state index contributed by atoms with van der Waals surface area (Å²) in [6.07, 6.45) is 8.38. The highest BCUT2D eigenvalue weighted by Crippen LogP contribution is 2.25. The van der Waals surface area contributed by atoms with Gasteiger partial charge in [-0.25, -0.2) is 4.98 Å². The lowest BCUT2D eigenvalue weighted by Gasteiger charge is -2.24. The van der Waals surface area contributed by atoms with E-state index >= 15 is 0 Å². The molecule has 0 fully saturated rings. The van der Waals surface area contributed by atoms with Gasteiger partial charge in [-0.2, -0.15) is 0 Å². The molecule has 30 heavy (non-hydrogen) atoms. The highest BCUT2D eigenvalue weighted by Gasteiger charge is 2.34. The Bertz CT molecular complexity index is 671. The van der Waals surface area contributed by atoms with Crippen molar-refractivity contribution in [3.8, 4) is 0 Å². The van der Waals surface area contributed by atoms with Gasteiger partial charge in [-0.15, -0.1) is 0 Å². The number of aromatic amines is 1. The van der Waals surface area contributed by atoms with E-state index in [4.69, 9.17) is 0 Å². The fourth-order valence-corrected chi connectivity index (χ4v) is 3.30. The molecule has 0 aliphatic rings. The molecule has 0 unspecified atom stereocenters. The normalized spacial score (nSPS) is 10.8. The number of hydrogen-bond acceptors (Lipinski definition) is 4. The van der Waals surface area contributed by atoms with Gasteiger partial charge in [0.1, 0.15) is 11.8 Å². The van der Waals surface area contributed by atoms with Crippen molar-refractivity contribution >= 4 is 17.6 Å². The summed E-state index contributed by atoms with van der Waals surface area (Å²) in [5.74, 6) is -1.14. The predicted octanol–water partition coefficient (Wildman–Crippen LogP) is 5.01. The molecule has 0 aliphatic heterocycles. The van der Waals surface area contributed by atoms with E-state index in [9.17, 15) is 19.7 Å². The highest BCUT2D eigenvalue weighted by molar-refractivity contribution is 6.09. The first kappa shape index (κ1) is 25.7. The van der Waals surface area contributed by atoms with Gasteiger partial charge in [0.25, 0.3) is 11.8 Å². The van der Waals surface area contributed by atoms with Crippen molar-refractivity contribution in [1.82, 2.24) is 14.8 Å². The Morgan fingerprint density at radius 2 is 1.23 bits per heavy atom. The summed E-state index contributed by atoms with van der Waals surface area (Å²) in [6, 6.07) is 0. The number of rotatable bonds is 15. The van der Waals surface area contributed by atoms with Crippen LogP contribution in [0.25, 0.3) is 0 Å². The van der Waals surface area contributed by atoms with E-state index in [2.05, 4.69) is 18.8 Å². The number of nitrogens with one attached hydrogen (secondary N) is 1. The smallest absolute Gasteiger partial charge is 0.334 e. The maximum Gasteiger partial charge on any atom is 0.334 e. The van der Waals surface area contributed by atoms with Crippen molar-refractivity contribution in [2.45, 2.75) is 79.1 Å². The van der Waals surface area contributed by atoms with E-state index in [0.29, 0.717) is 26.2 Å². The average Bonchev–Trinajstić information content (AvgIpc) is 3.18. The van der Waals surface area contributed by atoms with Crippen molar-refractivity contribution in [1.29, 1.82) is 0 Å². The molecular weight excluding hydrogens is 384 g/mol. The van der Waals surface area contributed by atoms with Crippen molar-refractivity contribution in [3.05, 3.63) is 27.4 Å². The molecule has 0 aromatic carbocycles. The van der Waals surface area contributed by atoms with Gasteiger partial charge in [-0.3, -0.25) is 9.59 Å². The van der Waals surface area contributed by atoms with Crippen LogP contribution in [0.3, 0.4) is 0 Å². The minimum Gasteiger partial charge on any atom is -0.358 e. The number of hydrogen-bond donors (Lipinski definition) is 1. The molecular formula is C22H38N4O4. The molecule has 0 aliphatic carbocycles. The number of carbonyl (C=O) groups is 2. The molecule has 0 spiro atoms. The second-order valence-corrected chi connectivity index (χ2v) is 7.68. The lowest BCUT2D eigenvalue weighted by molar-refractivity contribution is -0.389. The Balaban J connectivity index is 3.31. The van der Waals surface area contributed by atoms with E-state index in [1.165, 1.54) is 6.20 Å². The van der Waals surface area contributed by atoms with Gasteiger partial charge >= 0.3 is 5.82 Å². The third-order valence-electron chi connectivity index (χ3n) is 5.19. The zero-order valence-electron chi connectivity index (χ0n) is 19.0. The molecule has 8 nitrogen and oxygen atoms in total. The SMILES string of the molecule is CCCCN(CCCC)C(=O)c1c[nH]c([N+](=O)[O-])c1C(=O)N(CCCC)CCCC. The van der Waals surface area contributed by atoms with E-state index in [0.717, 1.165) is 51.4 Å². The highest BCUT2D eigenvalue weighted by atomic mass is 16.6. The summed E-state index contributed by atoms with van der Waals surface area (Å²) in [5.41, 5.74) is 0.00658. The van der Waals surface area contributed by atoms with Crippen LogP contribution in [-0.4, -0.2) is 57.7 Å². The van der Waals surface area contributed by atoms with Crippen LogP contribution in [0.15, 0.2) is 6.20 Å². The van der Waals surface area contributed by atoms with Gasteiger partial charge in [0.2, 0.25) is 0 Å². The Kier molecular flexibility index (Phi) is 11.8. The number of amides is 2. The van der Waals surface area contributed by atoms with E-state index in [1.807, 2.05) is 13.8 Å². The largest absolute Gasteiger partial charge is 0.358 e. The van der Waals surface area contributed by atoms with E-state index < -0.39 is 16.6 Å². The lowest BCUT2D eigenvalue weighted by atomic mass is 10.1. The van der Waals surface area contributed by atoms with Gasteiger partial charge < -0.3 is 19.9 Å². The molecule has 2 amide bonds. The molecule has 1 rings (SSSR count). The van der Waals surface area contributed by atoms with E-state index in [1.54, 1.807) is 9.80 Å². The third kappa shape index (κ3) is 7.15. The van der Waals surface area contributed by atoms with Gasteiger partial charge in [0.15, 0.2) is 0 Å². The predicted molar refractivity (Wildman–Crippen MR) is 119 cm³/mol. The molecule has 0 saturated heterocycles. The molecule has 170 valence electrons. The molecule has 1 heterocycles. The van der Waals surface area contributed by atoms with Crippen LogP contribution in [0.1, 0.15) is 99.8 Å². The first-order chi connectivity index (χ1) is 14.4. The Morgan fingerprint density at radius 3 is 1.60 bits per heavy atom. The molecule has 1 aromatic heterocycles. The number of unbranched alkanes of at least 4 members (excludes halogenated alkanes) is 4. The molecule has 1 aromatic rings. The van der Waals surface area contributed by atoms with Gasteiger partial charge in [0, 0.05) is 26.2 Å². The number of nitrogens with zero attached hydrogens (tertiary/aromatic N) is 3. The zero-order valence-corrected chi connectivity index (χ0v) is 19.0. The topological polar surface area (TPSA) is 99.5 Å². The van der Waals surface area contributed by atoms with Gasteiger partial charge in [-0.05, 0) is 30.6 Å². The van der Waals surface area contributed by atoms with Crippen LogP contribution in [0.4, 0.5) is 5.82 Å². The standard InChI is InChI=1S/C22H38N4O4/c1-5-9-13-24(14-10-6-2)21(27)18-17-23-20(26(29)30)19(18)22(28)25(15-11-7-3)16-12-8-4/h17,23H,5-16H2,1-4H3. The molecule has 8 heteroatoms. The zero-order chi connectivity index (χ0) is 22.5. The van der Waals surface area contributed by atoms with Crippen LogP contribution in [-0.2, 0) is 0 Å². The van der Waals surface area contributed by atoms with Crippen molar-refractivity contribution < 1.29 is 14.5 Å².